The molecule has 1 N–H and O–H groups in total. The molecule has 0 aromatic carbocycles. The molecule has 1 amide bonds. The molecule has 2 aromatic rings. The summed E-state index contributed by atoms with van der Waals surface area (Å²) in [5.41, 5.74) is 0.143. The number of ketones is 1. The number of amides is 1. The van der Waals surface area contributed by atoms with Crippen LogP contribution < -0.4 is 0 Å². The van der Waals surface area contributed by atoms with E-state index < -0.39 is 17.7 Å². The highest BCUT2D eigenvalue weighted by Gasteiger charge is 2.44. The fraction of sp³-hybridized carbons (Fsp3) is 0.368. The van der Waals surface area contributed by atoms with Crippen LogP contribution in [0.4, 0.5) is 0 Å². The van der Waals surface area contributed by atoms with Crippen molar-refractivity contribution < 1.29 is 19.1 Å². The summed E-state index contributed by atoms with van der Waals surface area (Å²) in [6.45, 7) is 6.00. The molecule has 0 fully saturated rings. The topological polar surface area (TPSA) is 70.8 Å². The predicted molar refractivity (Wildman–Crippen MR) is 95.2 cm³/mol. The number of carbonyl (C=O) groups excluding carboxylic acids is 2. The highest BCUT2D eigenvalue weighted by Crippen LogP contribution is 2.40. The minimum atomic E-state index is -0.686. The Hall–Kier alpha value is -2.34. The third kappa shape index (κ3) is 3.39. The Labute approximate surface area is 150 Å². The second-order valence-corrected chi connectivity index (χ2v) is 7.68. The number of nitrogens with zero attached hydrogens (tertiary/aromatic N) is 1. The number of hydrogen-bond acceptors (Lipinski definition) is 5. The molecule has 6 heteroatoms. The molecule has 3 heterocycles. The van der Waals surface area contributed by atoms with E-state index in [0.29, 0.717) is 18.1 Å². The molecule has 1 unspecified atom stereocenters. The average molecular weight is 359 g/mol. The molecule has 0 saturated heterocycles. The van der Waals surface area contributed by atoms with Gasteiger partial charge >= 0.3 is 0 Å². The fourth-order valence-corrected chi connectivity index (χ4v) is 3.75. The Kier molecular flexibility index (Phi) is 4.81. The van der Waals surface area contributed by atoms with Crippen LogP contribution in [-0.2, 0) is 16.1 Å². The lowest BCUT2D eigenvalue weighted by atomic mass is 9.95. The van der Waals surface area contributed by atoms with Crippen molar-refractivity contribution in [2.45, 2.75) is 39.8 Å². The number of furan rings is 1. The largest absolute Gasteiger partial charge is 0.503 e. The zero-order valence-corrected chi connectivity index (χ0v) is 15.3. The van der Waals surface area contributed by atoms with Gasteiger partial charge in [0.05, 0.1) is 12.1 Å². The van der Waals surface area contributed by atoms with E-state index in [1.807, 2.05) is 38.3 Å². The van der Waals surface area contributed by atoms with Gasteiger partial charge in [-0.1, -0.05) is 19.9 Å². The van der Waals surface area contributed by atoms with E-state index in [2.05, 4.69) is 0 Å². The molecular formula is C19H21NO4S. The number of aliphatic hydroxyl groups excluding tert-OH is 1. The van der Waals surface area contributed by atoms with E-state index in [1.54, 1.807) is 12.1 Å². The van der Waals surface area contributed by atoms with E-state index >= 15 is 0 Å². The summed E-state index contributed by atoms with van der Waals surface area (Å²) in [6, 6.07) is 6.70. The lowest BCUT2D eigenvalue weighted by Gasteiger charge is -2.24. The van der Waals surface area contributed by atoms with Gasteiger partial charge in [-0.05, 0) is 36.4 Å². The average Bonchev–Trinajstić information content (AvgIpc) is 3.24. The van der Waals surface area contributed by atoms with Gasteiger partial charge in [-0.15, -0.1) is 11.3 Å². The first-order chi connectivity index (χ1) is 11.9. The van der Waals surface area contributed by atoms with Crippen LogP contribution >= 0.6 is 11.3 Å². The first-order valence-corrected chi connectivity index (χ1v) is 9.12. The summed E-state index contributed by atoms with van der Waals surface area (Å²) in [5, 5.41) is 12.3. The van der Waals surface area contributed by atoms with Crippen LogP contribution in [0.2, 0.25) is 0 Å². The highest BCUT2D eigenvalue weighted by atomic mass is 32.1. The Morgan fingerprint density at radius 2 is 2.12 bits per heavy atom. The minimum absolute atomic E-state index is 0.133. The van der Waals surface area contributed by atoms with Crippen LogP contribution in [0.15, 0.2) is 45.4 Å². The maximum atomic E-state index is 12.7. The maximum absolute atomic E-state index is 12.7. The number of hydrogen-bond donors (Lipinski definition) is 1. The first kappa shape index (κ1) is 17.5. The molecule has 0 bridgehead atoms. The molecule has 1 aliphatic heterocycles. The van der Waals surface area contributed by atoms with Gasteiger partial charge in [0.15, 0.2) is 11.5 Å². The van der Waals surface area contributed by atoms with E-state index in [0.717, 1.165) is 4.88 Å². The van der Waals surface area contributed by atoms with E-state index in [1.165, 1.54) is 16.2 Å². The van der Waals surface area contributed by atoms with Crippen LogP contribution in [0.5, 0.6) is 0 Å². The van der Waals surface area contributed by atoms with E-state index in [4.69, 9.17) is 4.42 Å². The van der Waals surface area contributed by atoms with E-state index in [9.17, 15) is 14.7 Å². The molecule has 3 rings (SSSR count). The standard InChI is InChI=1S/C19H21NO4S/c1-11(2)9-14(21)16-17(15-7-6-12(3)24-15)20(19(23)18(16)22)10-13-5-4-8-25-13/h4-8,11,17,22H,9-10H2,1-3H3. The first-order valence-electron chi connectivity index (χ1n) is 8.24. The normalized spacial score (nSPS) is 17.8. The van der Waals surface area contributed by atoms with Crippen molar-refractivity contribution in [1.82, 2.24) is 4.90 Å². The quantitative estimate of drug-likeness (QED) is 0.841. The van der Waals surface area contributed by atoms with Gasteiger partial charge in [-0.3, -0.25) is 9.59 Å². The Balaban J connectivity index is 2.02. The van der Waals surface area contributed by atoms with Crippen molar-refractivity contribution in [2.24, 2.45) is 5.92 Å². The van der Waals surface area contributed by atoms with Crippen LogP contribution in [0.1, 0.15) is 42.7 Å². The van der Waals surface area contributed by atoms with Crippen LogP contribution in [-0.4, -0.2) is 21.7 Å². The van der Waals surface area contributed by atoms with Gasteiger partial charge in [-0.2, -0.15) is 0 Å². The van der Waals surface area contributed by atoms with Crippen molar-refractivity contribution in [3.8, 4) is 0 Å². The number of rotatable bonds is 6. The minimum Gasteiger partial charge on any atom is -0.503 e. The van der Waals surface area contributed by atoms with Crippen LogP contribution in [0.3, 0.4) is 0 Å². The monoisotopic (exact) mass is 359 g/mol. The Morgan fingerprint density at radius 1 is 1.36 bits per heavy atom. The fourth-order valence-electron chi connectivity index (χ4n) is 3.05. The molecule has 5 nitrogen and oxygen atoms in total. The summed E-state index contributed by atoms with van der Waals surface area (Å²) >= 11 is 1.53. The SMILES string of the molecule is Cc1ccc(C2C(C(=O)CC(C)C)=C(O)C(=O)N2Cc2cccs2)o1. The highest BCUT2D eigenvalue weighted by molar-refractivity contribution is 7.09. The molecule has 1 atom stereocenters. The summed E-state index contributed by atoms with van der Waals surface area (Å²) in [4.78, 5) is 27.9. The molecule has 25 heavy (non-hydrogen) atoms. The van der Waals surface area contributed by atoms with Crippen LogP contribution in [0, 0.1) is 12.8 Å². The third-order valence-electron chi connectivity index (χ3n) is 4.13. The van der Waals surface area contributed by atoms with Crippen molar-refractivity contribution in [1.29, 1.82) is 0 Å². The zero-order chi connectivity index (χ0) is 18.1. The van der Waals surface area contributed by atoms with Crippen molar-refractivity contribution in [3.05, 3.63) is 57.4 Å². The summed E-state index contributed by atoms with van der Waals surface area (Å²) < 4.78 is 5.71. The van der Waals surface area contributed by atoms with E-state index in [-0.39, 0.29) is 23.7 Å². The van der Waals surface area contributed by atoms with Gasteiger partial charge in [0.25, 0.3) is 5.91 Å². The molecule has 0 aliphatic carbocycles. The zero-order valence-electron chi connectivity index (χ0n) is 14.5. The Bertz CT molecular complexity index is 816. The number of aliphatic hydroxyl groups is 1. The molecule has 0 spiro atoms. The molecule has 1 aliphatic rings. The molecule has 0 saturated carbocycles. The van der Waals surface area contributed by atoms with Gasteiger partial charge in [0.2, 0.25) is 0 Å². The predicted octanol–water partition coefficient (Wildman–Crippen LogP) is 4.16. The second kappa shape index (κ2) is 6.88. The third-order valence-corrected chi connectivity index (χ3v) is 5.00. The summed E-state index contributed by atoms with van der Waals surface area (Å²) in [5.74, 6) is 0.127. The van der Waals surface area contributed by atoms with Crippen molar-refractivity contribution in [2.75, 3.05) is 0 Å². The Morgan fingerprint density at radius 3 is 2.68 bits per heavy atom. The van der Waals surface area contributed by atoms with Crippen molar-refractivity contribution in [3.63, 3.8) is 0 Å². The van der Waals surface area contributed by atoms with Gasteiger partial charge in [0.1, 0.15) is 17.6 Å². The summed E-state index contributed by atoms with van der Waals surface area (Å²) in [6.07, 6.45) is 0.274. The van der Waals surface area contributed by atoms with Gasteiger partial charge in [-0.25, -0.2) is 0 Å². The lowest BCUT2D eigenvalue weighted by molar-refractivity contribution is -0.130. The number of aryl methyl sites for hydroxylation is 1. The molecular weight excluding hydrogens is 338 g/mol. The van der Waals surface area contributed by atoms with Gasteiger partial charge in [0, 0.05) is 11.3 Å². The van der Waals surface area contributed by atoms with Gasteiger partial charge < -0.3 is 14.4 Å². The van der Waals surface area contributed by atoms with Crippen molar-refractivity contribution >= 4 is 23.0 Å². The molecule has 132 valence electrons. The number of carbonyl (C=O) groups is 2. The smallest absolute Gasteiger partial charge is 0.290 e. The maximum Gasteiger partial charge on any atom is 0.290 e. The lowest BCUT2D eigenvalue weighted by Crippen LogP contribution is -2.30. The van der Waals surface area contributed by atoms with Crippen LogP contribution in [0.25, 0.3) is 0 Å². The second-order valence-electron chi connectivity index (χ2n) is 6.65. The molecule has 0 radical (unpaired) electrons. The number of Topliss-reactive ketones (excluding diaryl/α,β-unsaturated/α-hetero) is 1. The summed E-state index contributed by atoms with van der Waals surface area (Å²) in [7, 11) is 0. The molecule has 2 aromatic heterocycles. The number of thiophene rings is 1.